The topological polar surface area (TPSA) is 91.3 Å². The van der Waals surface area contributed by atoms with Gasteiger partial charge in [0.15, 0.2) is 0 Å². The van der Waals surface area contributed by atoms with Crippen LogP contribution < -0.4 is 10.6 Å². The number of hydrogen-bond acceptors (Lipinski definition) is 4. The summed E-state index contributed by atoms with van der Waals surface area (Å²) in [6.45, 7) is -0.0384. The number of hydrogen-bond donors (Lipinski definition) is 3. The predicted octanol–water partition coefficient (Wildman–Crippen LogP) is 0.870. The predicted molar refractivity (Wildman–Crippen MR) is 77.3 cm³/mol. The van der Waals surface area contributed by atoms with Crippen LogP contribution in [0.25, 0.3) is 0 Å². The zero-order chi connectivity index (χ0) is 15.1. The zero-order valence-corrected chi connectivity index (χ0v) is 11.2. The van der Waals surface area contributed by atoms with Crippen molar-refractivity contribution in [2.75, 3.05) is 11.9 Å². The van der Waals surface area contributed by atoms with Crippen LogP contribution >= 0.6 is 0 Å². The number of aliphatic hydroxyl groups excluding tert-OH is 1. The summed E-state index contributed by atoms with van der Waals surface area (Å²) in [5.74, 6) is -1.61. The average molecular weight is 285 g/mol. The molecule has 2 rings (SSSR count). The van der Waals surface area contributed by atoms with Gasteiger partial charge in [0.2, 0.25) is 0 Å². The van der Waals surface area contributed by atoms with E-state index in [0.29, 0.717) is 11.3 Å². The molecule has 108 valence electrons. The summed E-state index contributed by atoms with van der Waals surface area (Å²) >= 11 is 0. The third-order valence-corrected chi connectivity index (χ3v) is 2.77. The highest BCUT2D eigenvalue weighted by molar-refractivity contribution is 6.39. The van der Waals surface area contributed by atoms with Crippen molar-refractivity contribution in [1.82, 2.24) is 10.3 Å². The number of nitrogens with zero attached hydrogens (tertiary/aromatic N) is 1. The second kappa shape index (κ2) is 7.16. The first-order chi connectivity index (χ1) is 10.2. The van der Waals surface area contributed by atoms with Crippen molar-refractivity contribution >= 4 is 17.5 Å². The monoisotopic (exact) mass is 285 g/mol. The molecular weight excluding hydrogens is 270 g/mol. The van der Waals surface area contributed by atoms with Crippen LogP contribution in [0.2, 0.25) is 0 Å². The molecule has 21 heavy (non-hydrogen) atoms. The highest BCUT2D eigenvalue weighted by Gasteiger charge is 2.15. The van der Waals surface area contributed by atoms with E-state index in [1.165, 1.54) is 6.20 Å². The molecule has 1 aromatic heterocycles. The van der Waals surface area contributed by atoms with Crippen LogP contribution in [0.3, 0.4) is 0 Å². The number of aromatic nitrogens is 1. The Kier molecular flexibility index (Phi) is 5.00. The second-order valence-corrected chi connectivity index (χ2v) is 4.33. The maximum absolute atomic E-state index is 11.6. The molecule has 0 aliphatic carbocycles. The van der Waals surface area contributed by atoms with E-state index in [1.807, 2.05) is 6.07 Å². The lowest BCUT2D eigenvalue weighted by atomic mass is 10.1. The normalized spacial score (nSPS) is 11.5. The second-order valence-electron chi connectivity index (χ2n) is 4.33. The summed E-state index contributed by atoms with van der Waals surface area (Å²) < 4.78 is 0. The minimum absolute atomic E-state index is 0.0384. The Bertz CT molecular complexity index is 602. The van der Waals surface area contributed by atoms with E-state index < -0.39 is 17.9 Å². The fraction of sp³-hybridized carbons (Fsp3) is 0.133. The Morgan fingerprint density at radius 1 is 1.10 bits per heavy atom. The molecule has 1 aromatic carbocycles. The number of carbonyl (C=O) groups excluding carboxylic acids is 2. The van der Waals surface area contributed by atoms with E-state index in [0.717, 1.165) is 0 Å². The van der Waals surface area contributed by atoms with Crippen LogP contribution in [0.4, 0.5) is 5.69 Å². The van der Waals surface area contributed by atoms with Gasteiger partial charge in [-0.25, -0.2) is 0 Å². The maximum Gasteiger partial charge on any atom is 0.313 e. The van der Waals surface area contributed by atoms with Crippen LogP contribution in [0.1, 0.15) is 11.7 Å². The van der Waals surface area contributed by atoms with Crippen molar-refractivity contribution in [1.29, 1.82) is 0 Å². The van der Waals surface area contributed by atoms with Gasteiger partial charge in [-0.3, -0.25) is 14.6 Å². The summed E-state index contributed by atoms with van der Waals surface area (Å²) in [5.41, 5.74) is 1.10. The van der Waals surface area contributed by atoms with E-state index in [-0.39, 0.29) is 6.54 Å². The Hall–Kier alpha value is -2.73. The molecule has 0 bridgehead atoms. The van der Waals surface area contributed by atoms with Crippen LogP contribution in [-0.4, -0.2) is 28.4 Å². The van der Waals surface area contributed by atoms with Crippen LogP contribution in [0, 0.1) is 0 Å². The fourth-order valence-corrected chi connectivity index (χ4v) is 1.69. The highest BCUT2D eigenvalue weighted by Crippen LogP contribution is 2.10. The van der Waals surface area contributed by atoms with Gasteiger partial charge >= 0.3 is 11.8 Å². The Balaban J connectivity index is 1.83. The number of nitrogens with one attached hydrogen (secondary N) is 2. The molecule has 6 nitrogen and oxygen atoms in total. The lowest BCUT2D eigenvalue weighted by Crippen LogP contribution is -2.37. The fourth-order valence-electron chi connectivity index (χ4n) is 1.69. The van der Waals surface area contributed by atoms with E-state index in [4.69, 9.17) is 0 Å². The van der Waals surface area contributed by atoms with Gasteiger partial charge in [-0.2, -0.15) is 0 Å². The molecule has 0 aliphatic rings. The minimum atomic E-state index is -0.860. The first-order valence-corrected chi connectivity index (χ1v) is 6.39. The average Bonchev–Trinajstić information content (AvgIpc) is 2.54. The Morgan fingerprint density at radius 2 is 1.86 bits per heavy atom. The van der Waals surface area contributed by atoms with Crippen molar-refractivity contribution < 1.29 is 14.7 Å². The number of carbonyl (C=O) groups is 2. The molecule has 0 aliphatic heterocycles. The zero-order valence-electron chi connectivity index (χ0n) is 11.2. The van der Waals surface area contributed by atoms with Gasteiger partial charge in [0, 0.05) is 12.7 Å². The lowest BCUT2D eigenvalue weighted by molar-refractivity contribution is -0.136. The minimum Gasteiger partial charge on any atom is -0.387 e. The van der Waals surface area contributed by atoms with E-state index >= 15 is 0 Å². The Morgan fingerprint density at radius 3 is 2.52 bits per heavy atom. The molecule has 1 atom stereocenters. The largest absolute Gasteiger partial charge is 0.387 e. The van der Waals surface area contributed by atoms with Gasteiger partial charge < -0.3 is 15.7 Å². The molecule has 0 radical (unpaired) electrons. The molecule has 0 fully saturated rings. The number of aliphatic hydroxyl groups is 1. The van der Waals surface area contributed by atoms with Gasteiger partial charge in [0.05, 0.1) is 18.0 Å². The lowest BCUT2D eigenvalue weighted by Gasteiger charge is -2.12. The molecule has 0 saturated heterocycles. The molecule has 0 saturated carbocycles. The quantitative estimate of drug-likeness (QED) is 0.727. The van der Waals surface area contributed by atoms with Gasteiger partial charge in [-0.1, -0.05) is 30.3 Å². The SMILES string of the molecule is O=C(NC[C@@H](O)c1ccccc1)C(=O)Nc1cccnc1. The molecule has 0 unspecified atom stereocenters. The maximum atomic E-state index is 11.6. The van der Waals surface area contributed by atoms with Crippen molar-refractivity contribution in [2.45, 2.75) is 6.10 Å². The summed E-state index contributed by atoms with van der Waals surface area (Å²) in [5, 5.41) is 14.7. The van der Waals surface area contributed by atoms with Crippen LogP contribution in [0.5, 0.6) is 0 Å². The van der Waals surface area contributed by atoms with Crippen LogP contribution in [0.15, 0.2) is 54.9 Å². The number of amides is 2. The van der Waals surface area contributed by atoms with E-state index in [9.17, 15) is 14.7 Å². The van der Waals surface area contributed by atoms with Gasteiger partial charge in [-0.15, -0.1) is 0 Å². The van der Waals surface area contributed by atoms with Gasteiger partial charge in [-0.05, 0) is 17.7 Å². The first-order valence-electron chi connectivity index (χ1n) is 6.39. The summed E-state index contributed by atoms with van der Waals surface area (Å²) in [6.07, 6.45) is 2.14. The number of benzene rings is 1. The van der Waals surface area contributed by atoms with Crippen molar-refractivity contribution in [2.24, 2.45) is 0 Å². The van der Waals surface area contributed by atoms with Crippen molar-refractivity contribution in [3.8, 4) is 0 Å². The molecule has 1 heterocycles. The molecule has 3 N–H and O–H groups in total. The summed E-state index contributed by atoms with van der Waals surface area (Å²) in [7, 11) is 0. The third-order valence-electron chi connectivity index (χ3n) is 2.77. The molecule has 2 amide bonds. The number of pyridine rings is 1. The summed E-state index contributed by atoms with van der Waals surface area (Å²) in [6, 6.07) is 12.2. The molecule has 6 heteroatoms. The molecule has 0 spiro atoms. The van der Waals surface area contributed by atoms with Gasteiger partial charge in [0.1, 0.15) is 0 Å². The van der Waals surface area contributed by atoms with E-state index in [2.05, 4.69) is 15.6 Å². The molecular formula is C15H15N3O3. The van der Waals surface area contributed by atoms with Crippen molar-refractivity contribution in [3.63, 3.8) is 0 Å². The standard InChI is InChI=1S/C15H15N3O3/c19-13(11-5-2-1-3-6-11)10-17-14(20)15(21)18-12-7-4-8-16-9-12/h1-9,13,19H,10H2,(H,17,20)(H,18,21)/t13-/m1/s1. The Labute approximate surface area is 121 Å². The van der Waals surface area contributed by atoms with E-state index in [1.54, 1.807) is 42.6 Å². The van der Waals surface area contributed by atoms with Crippen molar-refractivity contribution in [3.05, 3.63) is 60.4 Å². The number of anilines is 1. The molecule has 2 aromatic rings. The smallest absolute Gasteiger partial charge is 0.313 e. The highest BCUT2D eigenvalue weighted by atomic mass is 16.3. The van der Waals surface area contributed by atoms with Gasteiger partial charge in [0.25, 0.3) is 0 Å². The van der Waals surface area contributed by atoms with Crippen LogP contribution in [-0.2, 0) is 9.59 Å². The number of rotatable bonds is 4. The first kappa shape index (κ1) is 14.7. The summed E-state index contributed by atoms with van der Waals surface area (Å²) in [4.78, 5) is 27.1. The third kappa shape index (κ3) is 4.39.